The van der Waals surface area contributed by atoms with Gasteiger partial charge < -0.3 is 10.2 Å². The number of hydrogen-bond donors (Lipinski definition) is 2. The van der Waals surface area contributed by atoms with Crippen LogP contribution in [0.2, 0.25) is 0 Å². The molecule has 6 nitrogen and oxygen atoms in total. The summed E-state index contributed by atoms with van der Waals surface area (Å²) in [6.07, 6.45) is 5.00. The van der Waals surface area contributed by atoms with Gasteiger partial charge in [-0.15, -0.1) is 11.3 Å². The molecule has 4 rings (SSSR count). The zero-order valence-electron chi connectivity index (χ0n) is 17.7. The molecule has 0 radical (unpaired) electrons. The number of aromatic nitrogens is 2. The van der Waals surface area contributed by atoms with E-state index in [1.807, 2.05) is 30.9 Å². The van der Waals surface area contributed by atoms with Gasteiger partial charge in [0.05, 0.1) is 22.0 Å². The minimum absolute atomic E-state index is 0.109. The molecule has 158 valence electrons. The van der Waals surface area contributed by atoms with Crippen molar-refractivity contribution in [2.45, 2.75) is 58.9 Å². The van der Waals surface area contributed by atoms with Gasteiger partial charge in [-0.1, -0.05) is 31.0 Å². The van der Waals surface area contributed by atoms with Crippen LogP contribution in [0.25, 0.3) is 10.1 Å². The fourth-order valence-electron chi connectivity index (χ4n) is 4.43. The highest BCUT2D eigenvalue weighted by Crippen LogP contribution is 2.35. The van der Waals surface area contributed by atoms with Crippen LogP contribution < -0.4 is 5.32 Å². The maximum atomic E-state index is 13.3. The van der Waals surface area contributed by atoms with Crippen LogP contribution >= 0.6 is 11.3 Å². The molecular weight excluding hydrogens is 396 g/mol. The Morgan fingerprint density at radius 3 is 2.77 bits per heavy atom. The Hall–Kier alpha value is -2.67. The summed E-state index contributed by atoms with van der Waals surface area (Å²) in [5.41, 5.74) is 3.40. The molecule has 0 spiro atoms. The number of amides is 2. The number of aryl methyl sites for hydroxylation is 2. The summed E-state index contributed by atoms with van der Waals surface area (Å²) in [5.74, 6) is 0.0129. The standard InChI is InChI=1S/C23H28N4O2S/c1-14-21(15(2)26-25-14)24-23(29)22-19(18-10-6-7-11-20(18)30-22)13-17-9-5-4-8-12-27(17)16(3)28/h6-7,10-11,17H,4-5,8-9,12-13H2,1-3H3,(H,24,29)(H,25,26)/t17-/m1/s1. The first-order valence-corrected chi connectivity index (χ1v) is 11.4. The van der Waals surface area contributed by atoms with Gasteiger partial charge in [-0.05, 0) is 50.1 Å². The third-order valence-corrected chi connectivity index (χ3v) is 7.20. The van der Waals surface area contributed by atoms with Crippen LogP contribution in [0.4, 0.5) is 5.69 Å². The molecule has 1 saturated heterocycles. The minimum Gasteiger partial charge on any atom is -0.340 e. The zero-order chi connectivity index (χ0) is 21.3. The minimum atomic E-state index is -0.109. The molecule has 1 atom stereocenters. The van der Waals surface area contributed by atoms with E-state index in [-0.39, 0.29) is 17.9 Å². The van der Waals surface area contributed by atoms with Crippen LogP contribution in [0.1, 0.15) is 59.2 Å². The van der Waals surface area contributed by atoms with Gasteiger partial charge in [-0.3, -0.25) is 14.7 Å². The van der Waals surface area contributed by atoms with Gasteiger partial charge in [-0.2, -0.15) is 5.10 Å². The van der Waals surface area contributed by atoms with Crippen molar-refractivity contribution in [2.24, 2.45) is 0 Å². The van der Waals surface area contributed by atoms with Gasteiger partial charge in [0, 0.05) is 24.2 Å². The van der Waals surface area contributed by atoms with Gasteiger partial charge >= 0.3 is 0 Å². The lowest BCUT2D eigenvalue weighted by Gasteiger charge is -2.29. The van der Waals surface area contributed by atoms with Crippen molar-refractivity contribution in [1.29, 1.82) is 0 Å². The van der Waals surface area contributed by atoms with E-state index < -0.39 is 0 Å². The molecule has 2 amide bonds. The Bertz CT molecular complexity index is 1060. The zero-order valence-corrected chi connectivity index (χ0v) is 18.6. The lowest BCUT2D eigenvalue weighted by molar-refractivity contribution is -0.131. The number of carbonyl (C=O) groups excluding carboxylic acids is 2. The highest BCUT2D eigenvalue weighted by molar-refractivity contribution is 7.21. The molecule has 0 aliphatic carbocycles. The molecule has 0 unspecified atom stereocenters. The molecule has 1 aliphatic heterocycles. The second kappa shape index (κ2) is 8.60. The molecule has 0 saturated carbocycles. The molecule has 0 bridgehead atoms. The van der Waals surface area contributed by atoms with Gasteiger partial charge in [0.1, 0.15) is 0 Å². The van der Waals surface area contributed by atoms with Crippen LogP contribution in [0, 0.1) is 13.8 Å². The highest BCUT2D eigenvalue weighted by atomic mass is 32.1. The fourth-order valence-corrected chi connectivity index (χ4v) is 5.56. The van der Waals surface area contributed by atoms with Crippen molar-refractivity contribution in [1.82, 2.24) is 15.1 Å². The quantitative estimate of drug-likeness (QED) is 0.630. The molecule has 3 aromatic rings. The number of thiophene rings is 1. The second-order valence-corrected chi connectivity index (χ2v) is 9.14. The van der Waals surface area contributed by atoms with Crippen molar-refractivity contribution < 1.29 is 9.59 Å². The Morgan fingerprint density at radius 1 is 1.23 bits per heavy atom. The van der Waals surface area contributed by atoms with Gasteiger partial charge in [0.2, 0.25) is 5.91 Å². The van der Waals surface area contributed by atoms with Crippen LogP contribution in [-0.2, 0) is 11.2 Å². The number of rotatable bonds is 4. The summed E-state index contributed by atoms with van der Waals surface area (Å²) in [6.45, 7) is 6.23. The van der Waals surface area contributed by atoms with E-state index in [2.05, 4.69) is 27.6 Å². The summed E-state index contributed by atoms with van der Waals surface area (Å²) in [6, 6.07) is 8.29. The number of fused-ring (bicyclic) bond motifs is 1. The predicted octanol–water partition coefficient (Wildman–Crippen LogP) is 4.83. The lowest BCUT2D eigenvalue weighted by Crippen LogP contribution is -2.40. The van der Waals surface area contributed by atoms with Crippen LogP contribution in [0.15, 0.2) is 24.3 Å². The summed E-state index contributed by atoms with van der Waals surface area (Å²) in [7, 11) is 0. The largest absolute Gasteiger partial charge is 0.340 e. The van der Waals surface area contributed by atoms with Gasteiger partial charge in [0.15, 0.2) is 0 Å². The van der Waals surface area contributed by atoms with E-state index >= 15 is 0 Å². The summed E-state index contributed by atoms with van der Waals surface area (Å²) < 4.78 is 1.10. The average molecular weight is 425 g/mol. The molecule has 2 N–H and O–H groups in total. The number of aromatic amines is 1. The molecule has 30 heavy (non-hydrogen) atoms. The molecule has 1 aliphatic rings. The van der Waals surface area contributed by atoms with Gasteiger partial charge in [-0.25, -0.2) is 0 Å². The van der Waals surface area contributed by atoms with Crippen molar-refractivity contribution in [2.75, 3.05) is 11.9 Å². The first-order valence-electron chi connectivity index (χ1n) is 10.6. The second-order valence-electron chi connectivity index (χ2n) is 8.09. The number of benzene rings is 1. The van der Waals surface area contributed by atoms with Gasteiger partial charge in [0.25, 0.3) is 5.91 Å². The molecular formula is C23H28N4O2S. The highest BCUT2D eigenvalue weighted by Gasteiger charge is 2.27. The molecule has 1 fully saturated rings. The van der Waals surface area contributed by atoms with Crippen molar-refractivity contribution >= 4 is 38.9 Å². The smallest absolute Gasteiger partial charge is 0.266 e. The topological polar surface area (TPSA) is 78.1 Å². The van der Waals surface area contributed by atoms with E-state index in [9.17, 15) is 9.59 Å². The number of nitrogens with zero attached hydrogens (tertiary/aromatic N) is 2. The van der Waals surface area contributed by atoms with E-state index in [0.29, 0.717) is 6.42 Å². The van der Waals surface area contributed by atoms with E-state index in [1.54, 1.807) is 6.92 Å². The summed E-state index contributed by atoms with van der Waals surface area (Å²) in [5, 5.41) is 11.3. The third-order valence-electron chi connectivity index (χ3n) is 5.99. The Balaban J connectivity index is 1.71. The maximum Gasteiger partial charge on any atom is 0.266 e. The SMILES string of the molecule is CC(=O)N1CCCCC[C@@H]1Cc1c(C(=O)Nc2c(C)n[nH]c2C)sc2ccccc12. The number of likely N-dealkylation sites (tertiary alicyclic amines) is 1. The van der Waals surface area contributed by atoms with E-state index in [1.165, 1.54) is 11.3 Å². The van der Waals surface area contributed by atoms with Crippen LogP contribution in [0.5, 0.6) is 0 Å². The van der Waals surface area contributed by atoms with E-state index in [0.717, 1.165) is 69.8 Å². The number of H-pyrrole nitrogens is 1. The van der Waals surface area contributed by atoms with Crippen molar-refractivity contribution in [3.63, 3.8) is 0 Å². The molecule has 2 aromatic heterocycles. The van der Waals surface area contributed by atoms with Crippen molar-refractivity contribution in [3.8, 4) is 0 Å². The number of carbonyl (C=O) groups is 2. The van der Waals surface area contributed by atoms with Crippen LogP contribution in [-0.4, -0.2) is 39.5 Å². The Kier molecular flexibility index (Phi) is 5.90. The first-order chi connectivity index (χ1) is 14.5. The summed E-state index contributed by atoms with van der Waals surface area (Å²) >= 11 is 1.52. The Morgan fingerprint density at radius 2 is 2.03 bits per heavy atom. The molecule has 1 aromatic carbocycles. The fraction of sp³-hybridized carbons (Fsp3) is 0.435. The normalized spacial score (nSPS) is 17.2. The van der Waals surface area contributed by atoms with Crippen molar-refractivity contribution in [3.05, 3.63) is 46.1 Å². The first kappa shape index (κ1) is 20.6. The average Bonchev–Trinajstić information content (AvgIpc) is 3.13. The molecule has 3 heterocycles. The lowest BCUT2D eigenvalue weighted by atomic mass is 9.98. The Labute approximate surface area is 180 Å². The summed E-state index contributed by atoms with van der Waals surface area (Å²) in [4.78, 5) is 28.3. The number of nitrogens with one attached hydrogen (secondary N) is 2. The van der Waals surface area contributed by atoms with Crippen LogP contribution in [0.3, 0.4) is 0 Å². The van der Waals surface area contributed by atoms with E-state index in [4.69, 9.17) is 0 Å². The third kappa shape index (κ3) is 3.99. The predicted molar refractivity (Wildman–Crippen MR) is 121 cm³/mol. The number of anilines is 1. The number of hydrogen-bond acceptors (Lipinski definition) is 4. The monoisotopic (exact) mass is 424 g/mol. The maximum absolute atomic E-state index is 13.3. The molecule has 7 heteroatoms.